The van der Waals surface area contributed by atoms with Gasteiger partial charge in [-0.15, -0.1) is 23.2 Å². The van der Waals surface area contributed by atoms with Crippen molar-refractivity contribution in [3.63, 3.8) is 0 Å². The molecule has 6 bridgehead atoms. The number of alkyl halides is 2. The van der Waals surface area contributed by atoms with Crippen LogP contribution in [0.3, 0.4) is 0 Å². The summed E-state index contributed by atoms with van der Waals surface area (Å²) < 4.78 is 2.91. The molecule has 0 unspecified atom stereocenters. The number of thioether (sulfide) groups is 2. The monoisotopic (exact) mass is 1610 g/mol. The van der Waals surface area contributed by atoms with Crippen LogP contribution in [0.5, 0.6) is 0 Å². The van der Waals surface area contributed by atoms with E-state index >= 15 is 0 Å². The van der Waals surface area contributed by atoms with Gasteiger partial charge in [-0.2, -0.15) is 4.99 Å². The Balaban J connectivity index is -0.000000141. The Bertz CT molecular complexity index is 2170. The minimum absolute atomic E-state index is 0. The van der Waals surface area contributed by atoms with E-state index in [0.717, 1.165) is 138 Å². The Morgan fingerprint density at radius 1 is 0.490 bits per heavy atom. The molecule has 41 heteroatoms. The average Bonchev–Trinajstić information content (AvgIpc) is 0.819. The lowest BCUT2D eigenvalue weighted by Gasteiger charge is -2.50. The Morgan fingerprint density at radius 2 is 0.770 bits per heavy atom. The van der Waals surface area contributed by atoms with Crippen LogP contribution >= 0.6 is 69.9 Å². The number of carbonyl (C=O) groups excluding carboxylic acids is 10. The number of nitrogens with two attached hydrogens (primary N) is 5. The average molecular weight is 1620 g/mol. The first-order valence-corrected chi connectivity index (χ1v) is 36.5. The molecule has 32 nitrogen and oxygen atoms in total. The van der Waals surface area contributed by atoms with E-state index in [-0.39, 0.29) is 121 Å². The van der Waals surface area contributed by atoms with Gasteiger partial charge >= 0.3 is 0 Å². The molecule has 0 aliphatic carbocycles. The second-order valence-corrected chi connectivity index (χ2v) is 25.3. The lowest BCUT2D eigenvalue weighted by molar-refractivity contribution is -0.933. The number of quaternary nitrogens is 3. The predicted octanol–water partition coefficient (Wildman–Crippen LogP) is -11.0. The molecule has 0 aromatic heterocycles. The molecular formula is C59H124Cl7N21O11S2. The van der Waals surface area contributed by atoms with Crippen LogP contribution < -0.4 is 103 Å². The fourth-order valence-electron chi connectivity index (χ4n) is 9.00. The summed E-state index contributed by atoms with van der Waals surface area (Å²) in [6.45, 7) is 40.3. The van der Waals surface area contributed by atoms with Crippen molar-refractivity contribution < 1.29 is 105 Å². The molecule has 9 rings (SSSR count). The molecule has 592 valence electrons. The van der Waals surface area contributed by atoms with Gasteiger partial charge in [-0.1, -0.05) is 44.3 Å². The van der Waals surface area contributed by atoms with Crippen LogP contribution in [0.15, 0.2) is 9.98 Å². The summed E-state index contributed by atoms with van der Waals surface area (Å²) in [4.78, 5) is 123. The molecule has 100 heavy (non-hydrogen) atoms. The van der Waals surface area contributed by atoms with Gasteiger partial charge in [0.2, 0.25) is 46.0 Å². The molecule has 19 N–H and O–H groups in total. The van der Waals surface area contributed by atoms with E-state index in [4.69, 9.17) is 74.0 Å². The second kappa shape index (κ2) is 72.3. The number of carbonyl (C=O) groups is 10. The van der Waals surface area contributed by atoms with Crippen molar-refractivity contribution in [2.75, 3.05) is 228 Å². The number of halogens is 7. The number of nitrogens with one attached hydrogen (secondary N) is 8. The number of aliphatic hydroxyl groups is 1. The van der Waals surface area contributed by atoms with Crippen molar-refractivity contribution in [2.45, 2.75) is 74.7 Å². The number of guanidine groups is 1. The summed E-state index contributed by atoms with van der Waals surface area (Å²) >= 11 is 21.8. The minimum Gasteiger partial charge on any atom is -1.00 e. The van der Waals surface area contributed by atoms with Gasteiger partial charge in [0.25, 0.3) is 17.7 Å². The first-order chi connectivity index (χ1) is 45.8. The van der Waals surface area contributed by atoms with Crippen molar-refractivity contribution in [2.24, 2.45) is 38.7 Å². The van der Waals surface area contributed by atoms with E-state index in [1.54, 1.807) is 12.5 Å². The smallest absolute Gasteiger partial charge is 0.275 e. The summed E-state index contributed by atoms with van der Waals surface area (Å²) in [5, 5.41) is 31.8. The third kappa shape index (κ3) is 67.6. The third-order valence-corrected chi connectivity index (χ3v) is 15.8. The fourth-order valence-corrected chi connectivity index (χ4v) is 9.56. The van der Waals surface area contributed by atoms with Gasteiger partial charge in [-0.05, 0) is 61.5 Å². The molecule has 0 aromatic rings. The van der Waals surface area contributed by atoms with Gasteiger partial charge in [-0.3, -0.25) is 83.7 Å². The molecule has 9 saturated heterocycles. The summed E-state index contributed by atoms with van der Waals surface area (Å²) in [6, 6.07) is 0. The number of rotatable bonds is 19. The summed E-state index contributed by atoms with van der Waals surface area (Å²) in [5.41, 5.74) is 25.0. The number of hydrogen-bond acceptors (Lipinski definition) is 22. The van der Waals surface area contributed by atoms with E-state index < -0.39 is 5.24 Å². The highest BCUT2D eigenvalue weighted by Crippen LogP contribution is 2.21. The Kier molecular flexibility index (Phi) is 81.2. The molecule has 8 amide bonds. The Hall–Kier alpha value is -3.60. The molecule has 0 spiro atoms. The highest BCUT2D eigenvalue weighted by Gasteiger charge is 2.42. The van der Waals surface area contributed by atoms with Gasteiger partial charge in [-0.25, -0.2) is 0 Å². The lowest BCUT2D eigenvalue weighted by atomic mass is 10.1. The normalized spacial score (nSPS) is 19.8. The number of fused-ring (bicyclic) bond motifs is 9. The molecule has 9 aliphatic heterocycles. The van der Waals surface area contributed by atoms with Crippen molar-refractivity contribution in [3.05, 3.63) is 0 Å². The van der Waals surface area contributed by atoms with Crippen molar-refractivity contribution in [1.82, 2.24) is 51.9 Å². The molecule has 9 heterocycles. The first kappa shape index (κ1) is 112. The number of amidine groups is 2. The molecule has 9 aliphatic rings. The van der Waals surface area contributed by atoms with Crippen LogP contribution in [-0.2, 0) is 47.9 Å². The van der Waals surface area contributed by atoms with E-state index in [0.29, 0.717) is 57.5 Å². The zero-order valence-electron chi connectivity index (χ0n) is 60.7. The van der Waals surface area contributed by atoms with E-state index in [9.17, 15) is 47.9 Å². The lowest BCUT2D eigenvalue weighted by Crippen LogP contribution is -3.00. The van der Waals surface area contributed by atoms with Crippen LogP contribution in [0.1, 0.15) is 76.1 Å². The highest BCUT2D eigenvalue weighted by molar-refractivity contribution is 8.13. The number of aliphatic hydroxyl groups excluding tert-OH is 1. The summed E-state index contributed by atoms with van der Waals surface area (Å²) in [5.74, 6) is -0.738. The van der Waals surface area contributed by atoms with Gasteiger partial charge in [0.05, 0.1) is 71.3 Å². The largest absolute Gasteiger partial charge is 1.00 e. The van der Waals surface area contributed by atoms with Gasteiger partial charge in [0.1, 0.15) is 5.88 Å². The Morgan fingerprint density at radius 3 is 0.980 bits per heavy atom. The maximum atomic E-state index is 12.2. The topological polar surface area (TPSA) is 464 Å². The molecule has 0 saturated carbocycles. The van der Waals surface area contributed by atoms with E-state index in [1.807, 2.05) is 6.92 Å². The molecular weight excluding hydrogens is 1490 g/mol. The maximum absolute atomic E-state index is 12.2. The molecule has 9 fully saturated rings. The first-order valence-electron chi connectivity index (χ1n) is 32.2. The number of nitrogens with zero attached hydrogens (tertiary/aromatic N) is 8. The predicted molar refractivity (Wildman–Crippen MR) is 398 cm³/mol. The standard InChI is InChI=1S/C15H26N6O3.C11H21N3O.C10H20N4O.C6H10N2O2S.C5H10ClNO.C3H9N.C2H2Cl2O.C2H3ClO.C2H6N2S.C2H8N2.CH4O.3ClH.H2/c1-12(22)18-15(19-13(2)23)17-4-3-16-14(24)11-21-8-5-20(6-9-21)7-10-21;1-2-3-12-11(15)10-14-7-4-13(5-8-14)6-9-14;11-1-2-12-10(15)9-14-6-3-13(4-7-14)5-8-14;1-4(9)7-6(11-3)8-5(2)10;1-2-3-7-5(8)4-6;1-2-3-4;3-1-2(4)5;1-2(3)4;1-5-2(3)4;3-1-2-4;1-2;;;;/h3-11H2,1-2H3,(H2-,16,17,18,19,22,23,24);2-10H2,1H3;1-9,11H2;1-3H3,(H,7,8,9,10);2-4H2,1H3,(H,7,8);2-4H2,1H3;1H2;1H3;1H3,(H3,3,4);1-4H2;2H,1H3;4*1H. The zero-order valence-corrected chi connectivity index (χ0v) is 67.6. The minimum atomic E-state index is -0.508. The van der Waals surface area contributed by atoms with Crippen molar-refractivity contribution in [1.29, 1.82) is 5.41 Å². The van der Waals surface area contributed by atoms with Gasteiger partial charge in [0.15, 0.2) is 30.0 Å². The van der Waals surface area contributed by atoms with Crippen LogP contribution in [-0.4, -0.2) is 335 Å². The summed E-state index contributed by atoms with van der Waals surface area (Å²) in [7, 11) is 1.00. The number of hydrogen-bond donors (Lipinski definition) is 14. The second-order valence-electron chi connectivity index (χ2n) is 22.2. The zero-order chi connectivity index (χ0) is 75.3. The molecule has 0 atom stereocenters. The highest BCUT2D eigenvalue weighted by atomic mass is 35.5. The third-order valence-electron chi connectivity index (χ3n) is 14.0. The SMILES string of the molecule is CC(=O)Cl.CC(=O)NC(=NCCNC(=O)C[N+]12CCN(CC1)CC2)NC(C)=O.CCCN.CCCNC(=O)CCl.CCCNC(=O)C[N+]12CCN(CC1)CC2.CO.CSC(=N)N.CSC(=NC(C)=O)NC(C)=O.NCCN.NCCNC(=O)C[N+]12CCN(CC1)CC2.O=C(Cl)CCl.[Cl-].[Cl-].[Cl-].[HH]. The fraction of sp³-hybridized carbons (Fsp3) is 0.780. The van der Waals surface area contributed by atoms with E-state index in [1.165, 1.54) is 97.4 Å². The van der Waals surface area contributed by atoms with Crippen LogP contribution in [0.4, 0.5) is 0 Å². The van der Waals surface area contributed by atoms with Crippen LogP contribution in [0, 0.1) is 5.41 Å². The Labute approximate surface area is 643 Å². The number of piperazine rings is 9. The maximum Gasteiger partial charge on any atom is 0.275 e. The quantitative estimate of drug-likeness (QED) is 0.0143. The molecule has 0 aromatic carbocycles. The van der Waals surface area contributed by atoms with Crippen molar-refractivity contribution >= 4 is 144 Å². The number of amides is 8. The number of aliphatic imine (C=N–C) groups is 2. The molecule has 0 radical (unpaired) electrons. The van der Waals surface area contributed by atoms with Crippen LogP contribution in [0.2, 0.25) is 0 Å². The summed E-state index contributed by atoms with van der Waals surface area (Å²) in [6.07, 6.45) is 6.59. The van der Waals surface area contributed by atoms with Crippen molar-refractivity contribution in [3.8, 4) is 0 Å². The van der Waals surface area contributed by atoms with Gasteiger partial charge < -0.3 is 111 Å². The van der Waals surface area contributed by atoms with Crippen LogP contribution in [0.25, 0.3) is 0 Å². The van der Waals surface area contributed by atoms with Gasteiger partial charge in [0, 0.05) is 148 Å². The van der Waals surface area contributed by atoms with E-state index in [2.05, 4.69) is 87.4 Å².